The second-order valence-corrected chi connectivity index (χ2v) is 6.71. The summed E-state index contributed by atoms with van der Waals surface area (Å²) >= 11 is 0. The van der Waals surface area contributed by atoms with E-state index in [9.17, 15) is 4.79 Å². The van der Waals surface area contributed by atoms with E-state index in [2.05, 4.69) is 41.2 Å². The van der Waals surface area contributed by atoms with E-state index in [1.807, 2.05) is 11.1 Å². The lowest BCUT2D eigenvalue weighted by atomic mass is 9.85. The SMILES string of the molecule is CCc1cncc2c1CC1c3[nH]c4ccccc4c3CCN1C2=O. The highest BCUT2D eigenvalue weighted by Gasteiger charge is 2.39. The fourth-order valence-electron chi connectivity index (χ4n) is 4.38. The molecule has 0 aliphatic carbocycles. The summed E-state index contributed by atoms with van der Waals surface area (Å²) in [6, 6.07) is 8.57. The minimum Gasteiger partial charge on any atom is -0.356 e. The van der Waals surface area contributed by atoms with E-state index in [1.54, 1.807) is 6.20 Å². The Balaban J connectivity index is 1.70. The molecule has 2 aliphatic rings. The van der Waals surface area contributed by atoms with Crippen LogP contribution in [0.3, 0.4) is 0 Å². The van der Waals surface area contributed by atoms with Gasteiger partial charge in [-0.05, 0) is 42.0 Å². The van der Waals surface area contributed by atoms with Crippen molar-refractivity contribution in [3.63, 3.8) is 0 Å². The van der Waals surface area contributed by atoms with Crippen molar-refractivity contribution < 1.29 is 4.79 Å². The Morgan fingerprint density at radius 3 is 3.00 bits per heavy atom. The average molecular weight is 317 g/mol. The second kappa shape index (κ2) is 4.94. The highest BCUT2D eigenvalue weighted by atomic mass is 16.2. The number of aryl methyl sites for hydroxylation is 1. The maximum atomic E-state index is 13.0. The topological polar surface area (TPSA) is 49.0 Å². The largest absolute Gasteiger partial charge is 0.356 e. The van der Waals surface area contributed by atoms with Gasteiger partial charge in [-0.15, -0.1) is 0 Å². The summed E-state index contributed by atoms with van der Waals surface area (Å²) in [5, 5.41) is 1.30. The van der Waals surface area contributed by atoms with Crippen molar-refractivity contribution in [2.45, 2.75) is 32.2 Å². The summed E-state index contributed by atoms with van der Waals surface area (Å²) in [7, 11) is 0. The molecule has 2 aromatic heterocycles. The van der Waals surface area contributed by atoms with Gasteiger partial charge in [-0.25, -0.2) is 0 Å². The van der Waals surface area contributed by atoms with Gasteiger partial charge in [0.05, 0.1) is 11.6 Å². The van der Waals surface area contributed by atoms with Gasteiger partial charge in [0.2, 0.25) is 0 Å². The van der Waals surface area contributed by atoms with Crippen LogP contribution in [0.5, 0.6) is 0 Å². The Morgan fingerprint density at radius 2 is 2.12 bits per heavy atom. The molecule has 5 rings (SSSR count). The summed E-state index contributed by atoms with van der Waals surface area (Å²) in [4.78, 5) is 22.9. The molecule has 24 heavy (non-hydrogen) atoms. The van der Waals surface area contributed by atoms with Crippen LogP contribution in [-0.2, 0) is 19.3 Å². The zero-order chi connectivity index (χ0) is 16.3. The second-order valence-electron chi connectivity index (χ2n) is 6.71. The molecule has 1 N–H and O–H groups in total. The van der Waals surface area contributed by atoms with Gasteiger partial charge < -0.3 is 9.88 Å². The zero-order valence-electron chi connectivity index (χ0n) is 13.7. The molecule has 0 saturated carbocycles. The van der Waals surface area contributed by atoms with Crippen LogP contribution < -0.4 is 0 Å². The number of benzene rings is 1. The summed E-state index contributed by atoms with van der Waals surface area (Å²) in [5.41, 5.74) is 6.96. The van der Waals surface area contributed by atoms with E-state index in [0.717, 1.165) is 31.4 Å². The molecule has 1 aromatic carbocycles. The predicted molar refractivity (Wildman–Crippen MR) is 93.1 cm³/mol. The number of hydrogen-bond acceptors (Lipinski definition) is 2. The van der Waals surface area contributed by atoms with E-state index in [1.165, 1.54) is 33.3 Å². The number of carbonyl (C=O) groups excluding carboxylic acids is 1. The summed E-state index contributed by atoms with van der Waals surface area (Å²) < 4.78 is 0. The lowest BCUT2D eigenvalue weighted by Gasteiger charge is -2.40. The van der Waals surface area contributed by atoms with Gasteiger partial charge in [-0.3, -0.25) is 9.78 Å². The third-order valence-electron chi connectivity index (χ3n) is 5.58. The lowest BCUT2D eigenvalue weighted by molar-refractivity contribution is 0.0626. The average Bonchev–Trinajstić information content (AvgIpc) is 3.01. The first-order valence-electron chi connectivity index (χ1n) is 8.64. The molecule has 1 atom stereocenters. The van der Waals surface area contributed by atoms with Gasteiger partial charge in [0.1, 0.15) is 0 Å². The van der Waals surface area contributed by atoms with Gasteiger partial charge in [0.15, 0.2) is 0 Å². The Morgan fingerprint density at radius 1 is 1.25 bits per heavy atom. The number of rotatable bonds is 1. The summed E-state index contributed by atoms with van der Waals surface area (Å²) in [6.45, 7) is 2.91. The van der Waals surface area contributed by atoms with Gasteiger partial charge in [-0.2, -0.15) is 0 Å². The number of nitrogens with zero attached hydrogens (tertiary/aromatic N) is 2. The number of H-pyrrole nitrogens is 1. The van der Waals surface area contributed by atoms with E-state index >= 15 is 0 Å². The van der Waals surface area contributed by atoms with Crippen LogP contribution >= 0.6 is 0 Å². The Labute approximate surface area is 140 Å². The summed E-state index contributed by atoms with van der Waals surface area (Å²) in [6.07, 6.45) is 6.37. The van der Waals surface area contributed by atoms with E-state index in [4.69, 9.17) is 0 Å². The third-order valence-corrected chi connectivity index (χ3v) is 5.58. The third kappa shape index (κ3) is 1.74. The quantitative estimate of drug-likeness (QED) is 0.747. The molecule has 4 heterocycles. The Bertz CT molecular complexity index is 972. The molecule has 2 aliphatic heterocycles. The van der Waals surface area contributed by atoms with Crippen molar-refractivity contribution in [1.82, 2.24) is 14.9 Å². The highest BCUT2D eigenvalue weighted by Crippen LogP contribution is 2.40. The van der Waals surface area contributed by atoms with Crippen LogP contribution in [0, 0.1) is 0 Å². The van der Waals surface area contributed by atoms with Crippen LogP contribution in [-0.4, -0.2) is 27.3 Å². The molecule has 4 heteroatoms. The van der Waals surface area contributed by atoms with Crippen molar-refractivity contribution in [2.75, 3.05) is 6.54 Å². The van der Waals surface area contributed by atoms with Crippen molar-refractivity contribution in [2.24, 2.45) is 0 Å². The smallest absolute Gasteiger partial charge is 0.256 e. The molecule has 1 unspecified atom stereocenters. The Kier molecular flexibility index (Phi) is 2.84. The number of carbonyl (C=O) groups is 1. The van der Waals surface area contributed by atoms with E-state index in [-0.39, 0.29) is 11.9 Å². The number of para-hydroxylation sites is 1. The number of nitrogens with one attached hydrogen (secondary N) is 1. The maximum Gasteiger partial charge on any atom is 0.256 e. The predicted octanol–water partition coefficient (Wildman–Crippen LogP) is 3.42. The number of amides is 1. The molecule has 1 amide bonds. The maximum absolute atomic E-state index is 13.0. The molecule has 0 saturated heterocycles. The van der Waals surface area contributed by atoms with Crippen LogP contribution in [0.4, 0.5) is 0 Å². The number of aromatic nitrogens is 2. The number of pyridine rings is 1. The minimum atomic E-state index is 0.119. The number of hydrogen-bond donors (Lipinski definition) is 1. The molecular weight excluding hydrogens is 298 g/mol. The molecule has 0 bridgehead atoms. The summed E-state index contributed by atoms with van der Waals surface area (Å²) in [5.74, 6) is 0.133. The van der Waals surface area contributed by atoms with E-state index < -0.39 is 0 Å². The van der Waals surface area contributed by atoms with Gasteiger partial charge in [0.25, 0.3) is 5.91 Å². The highest BCUT2D eigenvalue weighted by molar-refractivity contribution is 5.98. The molecule has 120 valence electrons. The molecule has 4 nitrogen and oxygen atoms in total. The standard InChI is InChI=1S/C20H19N3O/c1-2-12-10-21-11-16-15(12)9-18-19-14(7-8-23(18)20(16)24)13-5-3-4-6-17(13)22-19/h3-6,10-11,18,22H,2,7-9H2,1H3. The van der Waals surface area contributed by atoms with Crippen LogP contribution in [0.25, 0.3) is 10.9 Å². The first-order valence-corrected chi connectivity index (χ1v) is 8.64. The van der Waals surface area contributed by atoms with E-state index in [0.29, 0.717) is 0 Å². The minimum absolute atomic E-state index is 0.119. The molecule has 0 spiro atoms. The van der Waals surface area contributed by atoms with Crippen LogP contribution in [0.15, 0.2) is 36.7 Å². The lowest BCUT2D eigenvalue weighted by Crippen LogP contribution is -2.44. The van der Waals surface area contributed by atoms with Crippen molar-refractivity contribution >= 4 is 16.8 Å². The van der Waals surface area contributed by atoms with Crippen molar-refractivity contribution in [3.8, 4) is 0 Å². The molecular formula is C20H19N3O. The molecule has 3 aromatic rings. The normalized spacial score (nSPS) is 19.1. The first kappa shape index (κ1) is 13.8. The van der Waals surface area contributed by atoms with Gasteiger partial charge >= 0.3 is 0 Å². The monoisotopic (exact) mass is 317 g/mol. The van der Waals surface area contributed by atoms with Gasteiger partial charge in [0, 0.05) is 35.5 Å². The zero-order valence-corrected chi connectivity index (χ0v) is 13.7. The van der Waals surface area contributed by atoms with Crippen molar-refractivity contribution in [1.29, 1.82) is 0 Å². The molecule has 0 radical (unpaired) electrons. The Hall–Kier alpha value is -2.62. The molecule has 0 fully saturated rings. The van der Waals surface area contributed by atoms with Gasteiger partial charge in [-0.1, -0.05) is 25.1 Å². The first-order chi connectivity index (χ1) is 11.8. The number of fused-ring (bicyclic) bond motifs is 6. The van der Waals surface area contributed by atoms with Crippen molar-refractivity contribution in [3.05, 3.63) is 64.6 Å². The fraction of sp³-hybridized carbons (Fsp3) is 0.300. The fourth-order valence-corrected chi connectivity index (χ4v) is 4.38. The van der Waals surface area contributed by atoms with Crippen LogP contribution in [0.1, 0.15) is 45.7 Å². The number of aromatic amines is 1. The van der Waals surface area contributed by atoms with Crippen LogP contribution in [0.2, 0.25) is 0 Å².